The van der Waals surface area contributed by atoms with Gasteiger partial charge in [-0.3, -0.25) is 0 Å². The Kier molecular flexibility index (Phi) is 4.04. The maximum Gasteiger partial charge on any atom is 0.310 e. The summed E-state index contributed by atoms with van der Waals surface area (Å²) in [5.74, 6) is -6.08. The molecule has 0 bridgehead atoms. The molecular formula is C18H12ClF4N3O2. The lowest BCUT2D eigenvalue weighted by Gasteiger charge is -2.39. The van der Waals surface area contributed by atoms with E-state index in [0.717, 1.165) is 13.0 Å². The van der Waals surface area contributed by atoms with Gasteiger partial charge in [0.2, 0.25) is 11.5 Å². The maximum atomic E-state index is 14.5. The minimum Gasteiger partial charge on any atom is -0.448 e. The molecule has 28 heavy (non-hydrogen) atoms. The van der Waals surface area contributed by atoms with Crippen molar-refractivity contribution in [1.29, 1.82) is 0 Å². The van der Waals surface area contributed by atoms with E-state index in [0.29, 0.717) is 16.6 Å². The second kappa shape index (κ2) is 6.10. The zero-order chi connectivity index (χ0) is 20.3. The Morgan fingerprint density at radius 1 is 1.14 bits per heavy atom. The SMILES string of the molecule is C[C@]1(c2cc(-c3nc4ccc(Cl)cc4o3)c(F)cc2F)OC(N)=NCC1(F)F. The van der Waals surface area contributed by atoms with Crippen molar-refractivity contribution in [1.82, 2.24) is 4.98 Å². The zero-order valence-electron chi connectivity index (χ0n) is 14.3. The van der Waals surface area contributed by atoms with Gasteiger partial charge in [0, 0.05) is 22.7 Å². The van der Waals surface area contributed by atoms with Crippen molar-refractivity contribution in [2.75, 3.05) is 6.54 Å². The van der Waals surface area contributed by atoms with Gasteiger partial charge < -0.3 is 14.9 Å². The number of benzene rings is 2. The fourth-order valence-corrected chi connectivity index (χ4v) is 3.15. The van der Waals surface area contributed by atoms with Gasteiger partial charge in [-0.05, 0) is 25.1 Å². The summed E-state index contributed by atoms with van der Waals surface area (Å²) in [6.07, 6.45) is 0. The summed E-state index contributed by atoms with van der Waals surface area (Å²) < 4.78 is 68.5. The monoisotopic (exact) mass is 413 g/mol. The van der Waals surface area contributed by atoms with E-state index in [1.807, 2.05) is 0 Å². The number of nitrogens with zero attached hydrogens (tertiary/aromatic N) is 2. The van der Waals surface area contributed by atoms with E-state index in [9.17, 15) is 17.6 Å². The van der Waals surface area contributed by atoms with Gasteiger partial charge >= 0.3 is 5.92 Å². The second-order valence-corrected chi connectivity index (χ2v) is 6.87. The summed E-state index contributed by atoms with van der Waals surface area (Å²) in [5, 5.41) is 0.369. The smallest absolute Gasteiger partial charge is 0.310 e. The summed E-state index contributed by atoms with van der Waals surface area (Å²) in [5.41, 5.74) is 2.63. The first-order valence-electron chi connectivity index (χ1n) is 8.03. The van der Waals surface area contributed by atoms with E-state index in [2.05, 4.69) is 9.98 Å². The number of halogens is 5. The van der Waals surface area contributed by atoms with E-state index < -0.39 is 41.3 Å². The Hall–Kier alpha value is -2.81. The molecule has 0 fully saturated rings. The molecule has 5 nitrogen and oxygen atoms in total. The number of aromatic nitrogens is 1. The third-order valence-electron chi connectivity index (χ3n) is 4.59. The van der Waals surface area contributed by atoms with Gasteiger partial charge in [-0.1, -0.05) is 11.6 Å². The van der Waals surface area contributed by atoms with Crippen LogP contribution < -0.4 is 5.73 Å². The van der Waals surface area contributed by atoms with Gasteiger partial charge in [-0.2, -0.15) is 8.78 Å². The molecule has 0 saturated carbocycles. The third-order valence-corrected chi connectivity index (χ3v) is 4.83. The van der Waals surface area contributed by atoms with Gasteiger partial charge in [-0.15, -0.1) is 0 Å². The molecule has 1 aliphatic heterocycles. The van der Waals surface area contributed by atoms with Crippen LogP contribution in [0.2, 0.25) is 5.02 Å². The molecule has 2 heterocycles. The lowest BCUT2D eigenvalue weighted by molar-refractivity contribution is -0.173. The maximum absolute atomic E-state index is 14.5. The van der Waals surface area contributed by atoms with Crippen LogP contribution in [0.5, 0.6) is 0 Å². The van der Waals surface area contributed by atoms with E-state index >= 15 is 0 Å². The minimum absolute atomic E-state index is 0.222. The topological polar surface area (TPSA) is 73.6 Å². The molecule has 0 unspecified atom stereocenters. The number of amidine groups is 1. The van der Waals surface area contributed by atoms with Gasteiger partial charge in [0.15, 0.2) is 5.58 Å². The number of rotatable bonds is 2. The van der Waals surface area contributed by atoms with E-state index in [1.165, 1.54) is 6.07 Å². The average Bonchev–Trinajstić information content (AvgIpc) is 3.01. The first-order chi connectivity index (χ1) is 13.1. The first-order valence-corrected chi connectivity index (χ1v) is 8.41. The molecule has 0 aliphatic carbocycles. The quantitative estimate of drug-likeness (QED) is 0.622. The second-order valence-electron chi connectivity index (χ2n) is 6.44. The number of hydrogen-bond donors (Lipinski definition) is 1. The number of ether oxygens (including phenoxy) is 1. The number of aliphatic imine (C=N–C) groups is 1. The summed E-state index contributed by atoms with van der Waals surface area (Å²) in [6.45, 7) is -0.0383. The van der Waals surface area contributed by atoms with Gasteiger partial charge in [0.05, 0.1) is 5.56 Å². The molecule has 0 saturated heterocycles. The van der Waals surface area contributed by atoms with Gasteiger partial charge in [-0.25, -0.2) is 18.8 Å². The Labute approximate surface area is 160 Å². The van der Waals surface area contributed by atoms with Crippen molar-refractivity contribution in [3.05, 3.63) is 52.6 Å². The van der Waals surface area contributed by atoms with Crippen LogP contribution in [0.1, 0.15) is 12.5 Å². The molecular weight excluding hydrogens is 402 g/mol. The average molecular weight is 414 g/mol. The standard InChI is InChI=1S/C18H12ClF4N3O2/c1-17(18(22,23)7-25-16(24)28-17)10-5-9(11(20)6-12(10)21)15-26-13-3-2-8(19)4-14(13)27-15/h2-6H,7H2,1H3,(H2,24,25)/t17-/m1/s1. The number of hydrogen-bond acceptors (Lipinski definition) is 5. The van der Waals surface area contributed by atoms with E-state index in [1.54, 1.807) is 12.1 Å². The summed E-state index contributed by atoms with van der Waals surface area (Å²) >= 11 is 5.88. The highest BCUT2D eigenvalue weighted by molar-refractivity contribution is 6.31. The van der Waals surface area contributed by atoms with Gasteiger partial charge in [0.1, 0.15) is 23.7 Å². The van der Waals surface area contributed by atoms with Crippen LogP contribution in [0.25, 0.3) is 22.6 Å². The molecule has 1 aromatic heterocycles. The number of oxazole rings is 1. The van der Waals surface area contributed by atoms with Crippen molar-refractivity contribution >= 4 is 28.7 Å². The highest BCUT2D eigenvalue weighted by atomic mass is 35.5. The summed E-state index contributed by atoms with van der Waals surface area (Å²) in [6, 6.07) is 5.40. The van der Waals surface area contributed by atoms with Crippen molar-refractivity contribution in [3.8, 4) is 11.5 Å². The fourth-order valence-electron chi connectivity index (χ4n) is 2.99. The van der Waals surface area contributed by atoms with Crippen molar-refractivity contribution in [3.63, 3.8) is 0 Å². The third kappa shape index (κ3) is 2.77. The number of alkyl halides is 2. The fraction of sp³-hybridized carbons (Fsp3) is 0.222. The van der Waals surface area contributed by atoms with Crippen LogP contribution in [-0.4, -0.2) is 23.5 Å². The van der Waals surface area contributed by atoms with Crippen molar-refractivity contribution in [2.45, 2.75) is 18.4 Å². The van der Waals surface area contributed by atoms with Crippen LogP contribution in [0.4, 0.5) is 17.6 Å². The molecule has 2 N–H and O–H groups in total. The first kappa shape index (κ1) is 18.5. The lowest BCUT2D eigenvalue weighted by atomic mass is 9.86. The van der Waals surface area contributed by atoms with Crippen LogP contribution in [-0.2, 0) is 10.3 Å². The predicted molar refractivity (Wildman–Crippen MR) is 94.2 cm³/mol. The zero-order valence-corrected chi connectivity index (χ0v) is 15.0. The highest BCUT2D eigenvalue weighted by Crippen LogP contribution is 2.45. The normalized spacial score (nSPS) is 21.4. The Balaban J connectivity index is 1.90. The lowest BCUT2D eigenvalue weighted by Crippen LogP contribution is -2.53. The number of fused-ring (bicyclic) bond motifs is 1. The molecule has 4 rings (SSSR count). The molecule has 146 valence electrons. The van der Waals surface area contributed by atoms with Crippen molar-refractivity contribution in [2.24, 2.45) is 10.7 Å². The molecule has 10 heteroatoms. The molecule has 0 radical (unpaired) electrons. The molecule has 2 aromatic carbocycles. The Morgan fingerprint density at radius 3 is 2.64 bits per heavy atom. The van der Waals surface area contributed by atoms with Crippen molar-refractivity contribution < 1.29 is 26.7 Å². The molecule has 1 atom stereocenters. The summed E-state index contributed by atoms with van der Waals surface area (Å²) in [7, 11) is 0. The predicted octanol–water partition coefficient (Wildman–Crippen LogP) is 4.62. The Morgan fingerprint density at radius 2 is 1.89 bits per heavy atom. The summed E-state index contributed by atoms with van der Waals surface area (Å²) in [4.78, 5) is 7.46. The minimum atomic E-state index is -3.60. The molecule has 0 spiro atoms. The van der Waals surface area contributed by atoms with Crippen LogP contribution in [0.3, 0.4) is 0 Å². The Bertz CT molecular complexity index is 1130. The van der Waals surface area contributed by atoms with E-state index in [4.69, 9.17) is 26.5 Å². The highest BCUT2D eigenvalue weighted by Gasteiger charge is 2.57. The van der Waals surface area contributed by atoms with E-state index in [-0.39, 0.29) is 17.0 Å². The number of nitrogens with two attached hydrogens (primary N) is 1. The van der Waals surface area contributed by atoms with Gasteiger partial charge in [0.25, 0.3) is 6.02 Å². The molecule has 1 aliphatic rings. The van der Waals surface area contributed by atoms with Crippen LogP contribution >= 0.6 is 11.6 Å². The van der Waals surface area contributed by atoms with Crippen LogP contribution in [0, 0.1) is 11.6 Å². The van der Waals surface area contributed by atoms with Crippen LogP contribution in [0.15, 0.2) is 39.7 Å². The molecule has 3 aromatic rings. The molecule has 0 amide bonds. The largest absolute Gasteiger partial charge is 0.448 e.